The first-order chi connectivity index (χ1) is 13.8. The van der Waals surface area contributed by atoms with Gasteiger partial charge in [0.2, 0.25) is 10.0 Å². The van der Waals surface area contributed by atoms with E-state index in [1.165, 1.54) is 4.31 Å². The van der Waals surface area contributed by atoms with E-state index < -0.39 is 19.9 Å². The standard InChI is InChI=1S/C18H28N4O5S2.HI/c1-19-18(21-17-6-11-28(23,24)14-17)20-12-15-4-2-3-5-16(15)13-29(25,26)22-7-9-27-10-8-22;/h2-5,17H,6-14H2,1H3,(H2,19,20,21);1H. The lowest BCUT2D eigenvalue weighted by atomic mass is 10.1. The van der Waals surface area contributed by atoms with Gasteiger partial charge in [0.05, 0.1) is 30.5 Å². The van der Waals surface area contributed by atoms with Crippen molar-refractivity contribution in [1.29, 1.82) is 0 Å². The Morgan fingerprint density at radius 3 is 2.50 bits per heavy atom. The average molecular weight is 572 g/mol. The molecule has 2 N–H and O–H groups in total. The highest BCUT2D eigenvalue weighted by atomic mass is 127. The highest BCUT2D eigenvalue weighted by Gasteiger charge is 2.28. The van der Waals surface area contributed by atoms with Gasteiger partial charge in [-0.25, -0.2) is 16.8 Å². The molecule has 12 heteroatoms. The van der Waals surface area contributed by atoms with Gasteiger partial charge < -0.3 is 15.4 Å². The van der Waals surface area contributed by atoms with E-state index in [-0.39, 0.29) is 47.3 Å². The molecule has 2 saturated heterocycles. The predicted molar refractivity (Wildman–Crippen MR) is 127 cm³/mol. The molecule has 1 aromatic carbocycles. The smallest absolute Gasteiger partial charge is 0.218 e. The van der Waals surface area contributed by atoms with Crippen molar-refractivity contribution < 1.29 is 21.6 Å². The van der Waals surface area contributed by atoms with Crippen molar-refractivity contribution in [3.8, 4) is 0 Å². The number of guanidine groups is 1. The van der Waals surface area contributed by atoms with Crippen LogP contribution in [0.2, 0.25) is 0 Å². The predicted octanol–water partition coefficient (Wildman–Crippen LogP) is 0.319. The Balaban J connectivity index is 0.00000320. The minimum atomic E-state index is -3.42. The molecule has 3 rings (SSSR count). The quantitative estimate of drug-likeness (QED) is 0.287. The molecular formula is C18H29IN4O5S2. The normalized spacial score (nSPS) is 22.3. The summed E-state index contributed by atoms with van der Waals surface area (Å²) < 4.78 is 55.5. The first-order valence-electron chi connectivity index (χ1n) is 9.59. The molecule has 30 heavy (non-hydrogen) atoms. The number of morpholine rings is 1. The van der Waals surface area contributed by atoms with Crippen LogP contribution in [0.1, 0.15) is 17.5 Å². The highest BCUT2D eigenvalue weighted by molar-refractivity contribution is 14.0. The van der Waals surface area contributed by atoms with Crippen LogP contribution in [-0.4, -0.2) is 78.0 Å². The zero-order valence-corrected chi connectivity index (χ0v) is 20.9. The van der Waals surface area contributed by atoms with Crippen molar-refractivity contribution in [1.82, 2.24) is 14.9 Å². The Hall–Kier alpha value is -0.960. The van der Waals surface area contributed by atoms with E-state index in [4.69, 9.17) is 4.74 Å². The van der Waals surface area contributed by atoms with Crippen molar-refractivity contribution in [2.24, 2.45) is 4.99 Å². The van der Waals surface area contributed by atoms with E-state index in [2.05, 4.69) is 15.6 Å². The molecule has 1 unspecified atom stereocenters. The first kappa shape index (κ1) is 25.3. The number of ether oxygens (including phenoxy) is 1. The van der Waals surface area contributed by atoms with Gasteiger partial charge in [-0.05, 0) is 17.5 Å². The number of halogens is 1. The molecule has 0 amide bonds. The monoisotopic (exact) mass is 572 g/mol. The van der Waals surface area contributed by atoms with Gasteiger partial charge in [0.25, 0.3) is 0 Å². The molecule has 0 aliphatic carbocycles. The van der Waals surface area contributed by atoms with Crippen molar-refractivity contribution in [3.05, 3.63) is 35.4 Å². The summed E-state index contributed by atoms with van der Waals surface area (Å²) in [5, 5.41) is 6.29. The molecule has 0 saturated carbocycles. The zero-order chi connectivity index (χ0) is 20.9. The van der Waals surface area contributed by atoms with Crippen molar-refractivity contribution in [2.75, 3.05) is 44.9 Å². The van der Waals surface area contributed by atoms with E-state index in [0.29, 0.717) is 45.2 Å². The number of hydrogen-bond donors (Lipinski definition) is 2. The minimum absolute atomic E-state index is 0. The van der Waals surface area contributed by atoms with Crippen molar-refractivity contribution in [3.63, 3.8) is 0 Å². The molecule has 1 atom stereocenters. The summed E-state index contributed by atoms with van der Waals surface area (Å²) in [5.74, 6) is 0.710. The summed E-state index contributed by atoms with van der Waals surface area (Å²) in [4.78, 5) is 4.15. The van der Waals surface area contributed by atoms with Crippen molar-refractivity contribution in [2.45, 2.75) is 24.8 Å². The highest BCUT2D eigenvalue weighted by Crippen LogP contribution is 2.17. The summed E-state index contributed by atoms with van der Waals surface area (Å²) >= 11 is 0. The summed E-state index contributed by atoms with van der Waals surface area (Å²) in [5.41, 5.74) is 1.58. The third-order valence-electron chi connectivity index (χ3n) is 5.06. The average Bonchev–Trinajstić information content (AvgIpc) is 3.05. The molecule has 2 aliphatic heterocycles. The van der Waals surface area contributed by atoms with Crippen LogP contribution in [0.5, 0.6) is 0 Å². The van der Waals surface area contributed by atoms with Gasteiger partial charge in [-0.1, -0.05) is 24.3 Å². The maximum Gasteiger partial charge on any atom is 0.218 e. The molecule has 2 aliphatic rings. The molecule has 0 bridgehead atoms. The lowest BCUT2D eigenvalue weighted by molar-refractivity contribution is 0.0729. The van der Waals surface area contributed by atoms with Gasteiger partial charge in [0.1, 0.15) is 0 Å². The van der Waals surface area contributed by atoms with Gasteiger partial charge in [0, 0.05) is 32.7 Å². The fraction of sp³-hybridized carbons (Fsp3) is 0.611. The van der Waals surface area contributed by atoms with Crippen LogP contribution >= 0.6 is 24.0 Å². The maximum atomic E-state index is 12.7. The summed E-state index contributed by atoms with van der Waals surface area (Å²) in [6.07, 6.45) is 0.553. The molecule has 0 aromatic heterocycles. The third kappa shape index (κ3) is 7.04. The largest absolute Gasteiger partial charge is 0.379 e. The second-order valence-corrected chi connectivity index (χ2v) is 11.4. The Kier molecular flexibility index (Phi) is 9.33. The Labute approximate surface area is 195 Å². The topological polar surface area (TPSA) is 117 Å². The van der Waals surface area contributed by atoms with E-state index in [0.717, 1.165) is 11.1 Å². The Morgan fingerprint density at radius 2 is 1.90 bits per heavy atom. The lowest BCUT2D eigenvalue weighted by Gasteiger charge is -2.26. The number of benzene rings is 1. The van der Waals surface area contributed by atoms with Crippen molar-refractivity contribution >= 4 is 49.8 Å². The molecule has 9 nitrogen and oxygen atoms in total. The van der Waals surface area contributed by atoms with E-state index in [1.807, 2.05) is 24.3 Å². The third-order valence-corrected chi connectivity index (χ3v) is 8.66. The van der Waals surface area contributed by atoms with Gasteiger partial charge in [-0.3, -0.25) is 4.99 Å². The summed E-state index contributed by atoms with van der Waals surface area (Å²) in [7, 11) is -4.78. The SMILES string of the molecule is CN=C(NCc1ccccc1CS(=O)(=O)N1CCOCC1)NC1CCS(=O)(=O)C1.I. The molecule has 1 aromatic rings. The van der Waals surface area contributed by atoms with Gasteiger partial charge in [-0.2, -0.15) is 4.31 Å². The number of sulfonamides is 1. The van der Waals surface area contributed by atoms with Crippen LogP contribution in [0, 0.1) is 0 Å². The number of sulfone groups is 1. The first-order valence-corrected chi connectivity index (χ1v) is 13.0. The van der Waals surface area contributed by atoms with Crippen LogP contribution in [0.4, 0.5) is 0 Å². The second kappa shape index (κ2) is 11.1. The maximum absolute atomic E-state index is 12.7. The molecule has 0 radical (unpaired) electrons. The molecule has 2 fully saturated rings. The Morgan fingerprint density at radius 1 is 1.23 bits per heavy atom. The number of nitrogens with zero attached hydrogens (tertiary/aromatic N) is 2. The second-order valence-electron chi connectivity index (χ2n) is 7.21. The van der Waals surface area contributed by atoms with Gasteiger partial charge in [0.15, 0.2) is 15.8 Å². The number of rotatable bonds is 6. The van der Waals surface area contributed by atoms with Crippen LogP contribution in [-0.2, 0) is 36.9 Å². The summed E-state index contributed by atoms with van der Waals surface area (Å²) in [6, 6.07) is 7.22. The van der Waals surface area contributed by atoms with Gasteiger partial charge >= 0.3 is 0 Å². The van der Waals surface area contributed by atoms with Crippen LogP contribution in [0.15, 0.2) is 29.3 Å². The minimum Gasteiger partial charge on any atom is -0.379 e. The van der Waals surface area contributed by atoms with E-state index >= 15 is 0 Å². The van der Waals surface area contributed by atoms with Crippen LogP contribution in [0.25, 0.3) is 0 Å². The summed E-state index contributed by atoms with van der Waals surface area (Å²) in [6.45, 7) is 1.98. The van der Waals surface area contributed by atoms with E-state index in [1.54, 1.807) is 7.05 Å². The lowest BCUT2D eigenvalue weighted by Crippen LogP contribution is -2.43. The zero-order valence-electron chi connectivity index (χ0n) is 16.9. The van der Waals surface area contributed by atoms with Crippen LogP contribution < -0.4 is 10.6 Å². The van der Waals surface area contributed by atoms with Crippen LogP contribution in [0.3, 0.4) is 0 Å². The number of aliphatic imine (C=N–C) groups is 1. The molecule has 2 heterocycles. The molecule has 170 valence electrons. The molecular weight excluding hydrogens is 543 g/mol. The van der Waals surface area contributed by atoms with Gasteiger partial charge in [-0.15, -0.1) is 24.0 Å². The molecule has 0 spiro atoms. The van der Waals surface area contributed by atoms with E-state index in [9.17, 15) is 16.8 Å². The fourth-order valence-corrected chi connectivity index (χ4v) is 6.70. The number of nitrogens with one attached hydrogen (secondary N) is 2. The number of hydrogen-bond acceptors (Lipinski definition) is 6. The Bertz CT molecular complexity index is 947. The fourth-order valence-electron chi connectivity index (χ4n) is 3.46.